The number of hydrogen-bond acceptors (Lipinski definition) is 4. The van der Waals surface area contributed by atoms with Crippen molar-refractivity contribution in [3.63, 3.8) is 0 Å². The van der Waals surface area contributed by atoms with Crippen molar-refractivity contribution < 1.29 is 4.79 Å². The van der Waals surface area contributed by atoms with E-state index in [9.17, 15) is 4.79 Å². The zero-order valence-electron chi connectivity index (χ0n) is 12.7. The molecule has 1 aromatic heterocycles. The normalized spacial score (nSPS) is 10.4. The Bertz CT molecular complexity index is 622. The van der Waals surface area contributed by atoms with Gasteiger partial charge >= 0.3 is 0 Å². The van der Waals surface area contributed by atoms with Crippen molar-refractivity contribution >= 4 is 22.9 Å². The van der Waals surface area contributed by atoms with Crippen LogP contribution in [0.1, 0.15) is 33.5 Å². The number of carbonyl (C=O) groups is 1. The second-order valence-corrected chi connectivity index (χ2v) is 5.89. The van der Waals surface area contributed by atoms with Crippen LogP contribution in [-0.4, -0.2) is 24.0 Å². The van der Waals surface area contributed by atoms with E-state index < -0.39 is 0 Å². The maximum atomic E-state index is 12.1. The molecule has 0 fully saturated rings. The molecule has 5 heteroatoms. The van der Waals surface area contributed by atoms with Crippen molar-refractivity contribution in [2.45, 2.75) is 27.2 Å². The first-order chi connectivity index (χ1) is 10.1. The Hall–Kier alpha value is -1.88. The van der Waals surface area contributed by atoms with Gasteiger partial charge in [-0.2, -0.15) is 0 Å². The average Bonchev–Trinajstić information content (AvgIpc) is 2.87. The maximum Gasteiger partial charge on any atom is 0.251 e. The highest BCUT2D eigenvalue weighted by Gasteiger charge is 2.07. The van der Waals surface area contributed by atoms with Gasteiger partial charge in [0.2, 0.25) is 0 Å². The third-order valence-corrected chi connectivity index (χ3v) is 4.17. The Morgan fingerprint density at radius 1 is 1.33 bits per heavy atom. The summed E-state index contributed by atoms with van der Waals surface area (Å²) in [5.74, 6) is -0.0329. The van der Waals surface area contributed by atoms with E-state index in [1.165, 1.54) is 0 Å². The van der Waals surface area contributed by atoms with Gasteiger partial charge in [-0.25, -0.2) is 4.98 Å². The van der Waals surface area contributed by atoms with Crippen LogP contribution < -0.4 is 10.6 Å². The molecule has 0 radical (unpaired) electrons. The topological polar surface area (TPSA) is 54.0 Å². The molecule has 0 unspecified atom stereocenters. The second kappa shape index (κ2) is 7.22. The first-order valence-electron chi connectivity index (χ1n) is 7.14. The minimum absolute atomic E-state index is 0.0329. The smallest absolute Gasteiger partial charge is 0.251 e. The van der Waals surface area contributed by atoms with Gasteiger partial charge in [0, 0.05) is 41.8 Å². The zero-order chi connectivity index (χ0) is 15.2. The van der Waals surface area contributed by atoms with Crippen molar-refractivity contribution in [1.82, 2.24) is 10.3 Å². The van der Waals surface area contributed by atoms with Crippen molar-refractivity contribution in [3.8, 4) is 0 Å². The minimum atomic E-state index is -0.0329. The Balaban J connectivity index is 1.89. The van der Waals surface area contributed by atoms with Crippen molar-refractivity contribution in [1.29, 1.82) is 0 Å². The highest BCUT2D eigenvalue weighted by Crippen LogP contribution is 2.16. The number of amides is 1. The number of nitrogens with zero attached hydrogens (tertiary/aromatic N) is 1. The summed E-state index contributed by atoms with van der Waals surface area (Å²) in [6.07, 6.45) is 0.776. The summed E-state index contributed by atoms with van der Waals surface area (Å²) < 4.78 is 0. The molecule has 2 aromatic rings. The molecule has 0 aliphatic carbocycles. The largest absolute Gasteiger partial charge is 0.385 e. The standard InChI is InChI=1S/C16H21N3OS/c1-4-17-14-6-5-13(9-11(14)2)16(20)18-8-7-15-19-12(3)10-21-15/h5-6,9-10,17H,4,7-8H2,1-3H3,(H,18,20). The van der Waals surface area contributed by atoms with Crippen LogP contribution in [0.2, 0.25) is 0 Å². The lowest BCUT2D eigenvalue weighted by Gasteiger charge is -2.10. The summed E-state index contributed by atoms with van der Waals surface area (Å²) in [6.45, 7) is 7.53. The van der Waals surface area contributed by atoms with Gasteiger partial charge in [-0.1, -0.05) is 0 Å². The highest BCUT2D eigenvalue weighted by atomic mass is 32.1. The molecular weight excluding hydrogens is 282 g/mol. The molecule has 0 bridgehead atoms. The molecule has 21 heavy (non-hydrogen) atoms. The third kappa shape index (κ3) is 4.29. The predicted molar refractivity (Wildman–Crippen MR) is 88.2 cm³/mol. The van der Waals surface area contributed by atoms with Crippen molar-refractivity contribution in [3.05, 3.63) is 45.4 Å². The molecule has 0 aliphatic rings. The Morgan fingerprint density at radius 2 is 2.14 bits per heavy atom. The molecule has 0 saturated heterocycles. The van der Waals surface area contributed by atoms with E-state index in [-0.39, 0.29) is 5.91 Å². The fourth-order valence-corrected chi connectivity index (χ4v) is 2.87. The van der Waals surface area contributed by atoms with Crippen LogP contribution >= 0.6 is 11.3 Å². The quantitative estimate of drug-likeness (QED) is 0.862. The summed E-state index contributed by atoms with van der Waals surface area (Å²) in [5, 5.41) is 9.30. The SMILES string of the molecule is CCNc1ccc(C(=O)NCCc2nc(C)cs2)cc1C. The second-order valence-electron chi connectivity index (χ2n) is 4.95. The molecule has 1 heterocycles. The van der Waals surface area contributed by atoms with Gasteiger partial charge in [-0.05, 0) is 44.5 Å². The minimum Gasteiger partial charge on any atom is -0.385 e. The van der Waals surface area contributed by atoms with E-state index >= 15 is 0 Å². The van der Waals surface area contributed by atoms with Gasteiger partial charge in [0.25, 0.3) is 5.91 Å². The molecule has 0 saturated carbocycles. The molecule has 1 amide bonds. The van der Waals surface area contributed by atoms with Gasteiger partial charge in [0.15, 0.2) is 0 Å². The molecule has 0 aliphatic heterocycles. The molecule has 0 spiro atoms. The van der Waals surface area contributed by atoms with E-state index in [1.807, 2.05) is 37.4 Å². The van der Waals surface area contributed by atoms with E-state index in [0.29, 0.717) is 12.1 Å². The lowest BCUT2D eigenvalue weighted by atomic mass is 10.1. The molecule has 4 nitrogen and oxygen atoms in total. The van der Waals surface area contributed by atoms with Crippen molar-refractivity contribution in [2.24, 2.45) is 0 Å². The van der Waals surface area contributed by atoms with Crippen molar-refractivity contribution in [2.75, 3.05) is 18.4 Å². The van der Waals surface area contributed by atoms with Crippen LogP contribution in [0, 0.1) is 13.8 Å². The monoisotopic (exact) mass is 303 g/mol. The number of thiazole rings is 1. The summed E-state index contributed by atoms with van der Waals surface area (Å²) in [6, 6.07) is 5.73. The number of aromatic nitrogens is 1. The Labute approximate surface area is 129 Å². The number of benzene rings is 1. The molecule has 112 valence electrons. The molecule has 0 atom stereocenters. The molecule has 2 rings (SSSR count). The number of anilines is 1. The number of hydrogen-bond donors (Lipinski definition) is 2. The van der Waals surface area contributed by atoms with Crippen LogP contribution in [0.5, 0.6) is 0 Å². The lowest BCUT2D eigenvalue weighted by molar-refractivity contribution is 0.0954. The summed E-state index contributed by atoms with van der Waals surface area (Å²) in [4.78, 5) is 16.5. The number of nitrogens with one attached hydrogen (secondary N) is 2. The van der Waals surface area contributed by atoms with Crippen LogP contribution in [0.4, 0.5) is 5.69 Å². The molecular formula is C16H21N3OS. The highest BCUT2D eigenvalue weighted by molar-refractivity contribution is 7.09. The third-order valence-electron chi connectivity index (χ3n) is 3.15. The van der Waals surface area contributed by atoms with Crippen LogP contribution in [0.25, 0.3) is 0 Å². The van der Waals surface area contributed by atoms with Crippen LogP contribution in [-0.2, 0) is 6.42 Å². The fourth-order valence-electron chi connectivity index (χ4n) is 2.10. The number of carbonyl (C=O) groups excluding carboxylic acids is 1. The number of aryl methyl sites for hydroxylation is 2. The van der Waals surface area contributed by atoms with Gasteiger partial charge in [0.1, 0.15) is 0 Å². The zero-order valence-corrected chi connectivity index (χ0v) is 13.5. The van der Waals surface area contributed by atoms with Gasteiger partial charge in [-0.15, -0.1) is 11.3 Å². The van der Waals surface area contributed by atoms with Crippen LogP contribution in [0.15, 0.2) is 23.6 Å². The predicted octanol–water partition coefficient (Wildman–Crippen LogP) is 3.16. The summed E-state index contributed by atoms with van der Waals surface area (Å²) >= 11 is 1.64. The van der Waals surface area contributed by atoms with Crippen LogP contribution in [0.3, 0.4) is 0 Å². The van der Waals surface area contributed by atoms with E-state index in [4.69, 9.17) is 0 Å². The molecule has 2 N–H and O–H groups in total. The first kappa shape index (κ1) is 15.5. The number of rotatable bonds is 6. The van der Waals surface area contributed by atoms with Gasteiger partial charge < -0.3 is 10.6 Å². The first-order valence-corrected chi connectivity index (χ1v) is 8.02. The lowest BCUT2D eigenvalue weighted by Crippen LogP contribution is -2.25. The Kier molecular flexibility index (Phi) is 5.33. The maximum absolute atomic E-state index is 12.1. The molecule has 1 aromatic carbocycles. The van der Waals surface area contributed by atoms with Gasteiger partial charge in [0.05, 0.1) is 5.01 Å². The van der Waals surface area contributed by atoms with E-state index in [2.05, 4.69) is 22.5 Å². The Morgan fingerprint density at radius 3 is 2.76 bits per heavy atom. The van der Waals surface area contributed by atoms with E-state index in [1.54, 1.807) is 11.3 Å². The summed E-state index contributed by atoms with van der Waals surface area (Å²) in [7, 11) is 0. The summed E-state index contributed by atoms with van der Waals surface area (Å²) in [5.41, 5.74) is 3.90. The van der Waals surface area contributed by atoms with Gasteiger partial charge in [-0.3, -0.25) is 4.79 Å². The van der Waals surface area contributed by atoms with E-state index in [0.717, 1.165) is 34.9 Å². The average molecular weight is 303 g/mol. The fraction of sp³-hybridized carbons (Fsp3) is 0.375.